The maximum atomic E-state index is 12.6. The highest BCUT2D eigenvalue weighted by Crippen LogP contribution is 2.30. The SMILES string of the molecule is Cc1cc2c(n1-c1ccc(C(=O)NC[C@@H](C)c3ccccc3)cc1)CC[C@@H](C)C2. The first-order chi connectivity index (χ1) is 14.0. The van der Waals surface area contributed by atoms with E-state index in [0.717, 1.165) is 18.0 Å². The second-order valence-electron chi connectivity index (χ2n) is 8.51. The molecule has 0 bridgehead atoms. The zero-order valence-corrected chi connectivity index (χ0v) is 17.6. The van der Waals surface area contributed by atoms with Gasteiger partial charge in [-0.3, -0.25) is 4.79 Å². The first-order valence-electron chi connectivity index (χ1n) is 10.7. The van der Waals surface area contributed by atoms with Crippen LogP contribution in [-0.2, 0) is 12.8 Å². The number of hydrogen-bond acceptors (Lipinski definition) is 1. The van der Waals surface area contributed by atoms with Crippen molar-refractivity contribution in [3.63, 3.8) is 0 Å². The van der Waals surface area contributed by atoms with E-state index in [9.17, 15) is 4.79 Å². The van der Waals surface area contributed by atoms with Crippen LogP contribution in [0, 0.1) is 12.8 Å². The van der Waals surface area contributed by atoms with Crippen molar-refractivity contribution in [2.45, 2.75) is 46.0 Å². The molecule has 0 unspecified atom stereocenters. The van der Waals surface area contributed by atoms with Gasteiger partial charge in [0.2, 0.25) is 0 Å². The number of nitrogens with one attached hydrogen (secondary N) is 1. The van der Waals surface area contributed by atoms with Gasteiger partial charge in [0, 0.05) is 29.2 Å². The highest BCUT2D eigenvalue weighted by Gasteiger charge is 2.21. The summed E-state index contributed by atoms with van der Waals surface area (Å²) in [7, 11) is 0. The quantitative estimate of drug-likeness (QED) is 0.622. The fourth-order valence-electron chi connectivity index (χ4n) is 4.43. The van der Waals surface area contributed by atoms with Gasteiger partial charge >= 0.3 is 0 Å². The lowest BCUT2D eigenvalue weighted by atomic mass is 9.89. The standard InChI is InChI=1S/C26H30N2O/c1-18-9-14-25-23(15-18)16-20(3)28(25)24-12-10-22(11-13-24)26(29)27-17-19(2)21-7-5-4-6-8-21/h4-8,10-13,16,18-19H,9,14-15,17H2,1-3H3,(H,27,29)/t18-,19-/m1/s1. The van der Waals surface area contributed by atoms with Gasteiger partial charge in [0.15, 0.2) is 0 Å². The lowest BCUT2D eigenvalue weighted by molar-refractivity contribution is 0.0951. The molecule has 1 aliphatic rings. The molecule has 2 atom stereocenters. The van der Waals surface area contributed by atoms with Crippen molar-refractivity contribution in [1.82, 2.24) is 9.88 Å². The van der Waals surface area contributed by atoms with Gasteiger partial charge in [0.25, 0.3) is 5.91 Å². The van der Waals surface area contributed by atoms with Crippen LogP contribution in [0.5, 0.6) is 0 Å². The normalized spacial score (nSPS) is 16.9. The van der Waals surface area contributed by atoms with E-state index in [1.165, 1.54) is 35.4 Å². The Balaban J connectivity index is 1.45. The number of benzene rings is 2. The van der Waals surface area contributed by atoms with Crippen molar-refractivity contribution in [3.05, 3.63) is 88.7 Å². The third-order valence-electron chi connectivity index (χ3n) is 6.14. The molecule has 1 aromatic heterocycles. The fraction of sp³-hybridized carbons (Fsp3) is 0.346. The Morgan fingerprint density at radius 1 is 1.14 bits per heavy atom. The van der Waals surface area contributed by atoms with Gasteiger partial charge in [-0.1, -0.05) is 44.2 Å². The Kier molecular flexibility index (Phi) is 5.57. The molecule has 3 nitrogen and oxygen atoms in total. The smallest absolute Gasteiger partial charge is 0.251 e. The number of rotatable bonds is 5. The van der Waals surface area contributed by atoms with Gasteiger partial charge in [-0.05, 0) is 79.5 Å². The van der Waals surface area contributed by atoms with Gasteiger partial charge in [0.1, 0.15) is 0 Å². The molecule has 0 spiro atoms. The number of nitrogens with zero attached hydrogens (tertiary/aromatic N) is 1. The summed E-state index contributed by atoms with van der Waals surface area (Å²) in [6.07, 6.45) is 3.55. The van der Waals surface area contributed by atoms with Crippen molar-refractivity contribution in [1.29, 1.82) is 0 Å². The molecule has 3 aromatic rings. The topological polar surface area (TPSA) is 34.0 Å². The number of amides is 1. The van der Waals surface area contributed by atoms with Crippen LogP contribution in [0.2, 0.25) is 0 Å². The fourth-order valence-corrected chi connectivity index (χ4v) is 4.43. The minimum Gasteiger partial charge on any atom is -0.351 e. The van der Waals surface area contributed by atoms with E-state index in [1.54, 1.807) is 0 Å². The van der Waals surface area contributed by atoms with E-state index in [-0.39, 0.29) is 11.8 Å². The largest absolute Gasteiger partial charge is 0.351 e. The van der Waals surface area contributed by atoms with Gasteiger partial charge in [-0.25, -0.2) is 0 Å². The van der Waals surface area contributed by atoms with Crippen molar-refractivity contribution in [2.24, 2.45) is 5.92 Å². The lowest BCUT2D eigenvalue weighted by Gasteiger charge is -2.21. The molecule has 1 heterocycles. The molecule has 1 N–H and O–H groups in total. The van der Waals surface area contributed by atoms with Gasteiger partial charge in [-0.2, -0.15) is 0 Å². The summed E-state index contributed by atoms with van der Waals surface area (Å²) >= 11 is 0. The highest BCUT2D eigenvalue weighted by atomic mass is 16.1. The second-order valence-corrected chi connectivity index (χ2v) is 8.51. The summed E-state index contributed by atoms with van der Waals surface area (Å²) in [6, 6.07) is 20.6. The molecule has 29 heavy (non-hydrogen) atoms. The first kappa shape index (κ1) is 19.5. The Morgan fingerprint density at radius 2 is 1.86 bits per heavy atom. The van der Waals surface area contributed by atoms with Gasteiger partial charge in [-0.15, -0.1) is 0 Å². The third kappa shape index (κ3) is 4.14. The molecule has 2 aromatic carbocycles. The van der Waals surface area contributed by atoms with E-state index < -0.39 is 0 Å². The summed E-state index contributed by atoms with van der Waals surface area (Å²) in [5.41, 5.74) is 7.30. The first-order valence-corrected chi connectivity index (χ1v) is 10.7. The molecule has 4 rings (SSSR count). The molecule has 0 fully saturated rings. The van der Waals surface area contributed by atoms with Crippen LogP contribution < -0.4 is 5.32 Å². The average Bonchev–Trinajstić information content (AvgIpc) is 3.07. The third-order valence-corrected chi connectivity index (χ3v) is 6.14. The minimum absolute atomic E-state index is 0.0144. The summed E-state index contributed by atoms with van der Waals surface area (Å²) in [5, 5.41) is 3.07. The summed E-state index contributed by atoms with van der Waals surface area (Å²) in [6.45, 7) is 7.28. The van der Waals surface area contributed by atoms with Crippen LogP contribution in [0.15, 0.2) is 60.7 Å². The molecule has 1 amide bonds. The number of hydrogen-bond donors (Lipinski definition) is 1. The maximum absolute atomic E-state index is 12.6. The maximum Gasteiger partial charge on any atom is 0.251 e. The highest BCUT2D eigenvalue weighted by molar-refractivity contribution is 5.94. The monoisotopic (exact) mass is 386 g/mol. The van der Waals surface area contributed by atoms with E-state index in [2.05, 4.69) is 61.0 Å². The predicted molar refractivity (Wildman–Crippen MR) is 119 cm³/mol. The van der Waals surface area contributed by atoms with Crippen LogP contribution in [0.1, 0.15) is 59.1 Å². The Hall–Kier alpha value is -2.81. The van der Waals surface area contributed by atoms with Crippen molar-refractivity contribution >= 4 is 5.91 Å². The second kappa shape index (κ2) is 8.28. The van der Waals surface area contributed by atoms with Crippen molar-refractivity contribution in [3.8, 4) is 5.69 Å². The Labute approximate surface area is 173 Å². The molecular formula is C26H30N2O. The van der Waals surface area contributed by atoms with Gasteiger partial charge in [0.05, 0.1) is 0 Å². The number of carbonyl (C=O) groups excluding carboxylic acids is 1. The summed E-state index contributed by atoms with van der Waals surface area (Å²) in [5.74, 6) is 1.04. The van der Waals surface area contributed by atoms with Crippen LogP contribution in [0.3, 0.4) is 0 Å². The predicted octanol–water partition coefficient (Wildman–Crippen LogP) is 5.44. The van der Waals surface area contributed by atoms with Gasteiger partial charge < -0.3 is 9.88 Å². The molecule has 0 radical (unpaired) electrons. The Morgan fingerprint density at radius 3 is 2.59 bits per heavy atom. The Bertz CT molecular complexity index is 986. The van der Waals surface area contributed by atoms with Crippen LogP contribution in [0.4, 0.5) is 0 Å². The molecule has 0 aliphatic heterocycles. The number of carbonyl (C=O) groups is 1. The number of fused-ring (bicyclic) bond motifs is 1. The van der Waals surface area contributed by atoms with Crippen LogP contribution in [-0.4, -0.2) is 17.0 Å². The molecule has 3 heteroatoms. The van der Waals surface area contributed by atoms with Crippen LogP contribution in [0.25, 0.3) is 5.69 Å². The molecule has 150 valence electrons. The summed E-state index contributed by atoms with van der Waals surface area (Å²) < 4.78 is 2.36. The molecular weight excluding hydrogens is 356 g/mol. The number of aryl methyl sites for hydroxylation is 1. The van der Waals surface area contributed by atoms with E-state index in [1.807, 2.05) is 30.3 Å². The zero-order chi connectivity index (χ0) is 20.4. The van der Waals surface area contributed by atoms with E-state index in [4.69, 9.17) is 0 Å². The minimum atomic E-state index is -0.0144. The average molecular weight is 387 g/mol. The molecule has 1 aliphatic carbocycles. The van der Waals surface area contributed by atoms with Crippen LogP contribution >= 0.6 is 0 Å². The summed E-state index contributed by atoms with van der Waals surface area (Å²) in [4.78, 5) is 12.6. The van der Waals surface area contributed by atoms with Crippen molar-refractivity contribution in [2.75, 3.05) is 6.54 Å². The zero-order valence-electron chi connectivity index (χ0n) is 17.6. The molecule has 0 saturated carbocycles. The van der Waals surface area contributed by atoms with E-state index >= 15 is 0 Å². The lowest BCUT2D eigenvalue weighted by Crippen LogP contribution is -2.27. The number of aromatic nitrogens is 1. The van der Waals surface area contributed by atoms with E-state index in [0.29, 0.717) is 12.1 Å². The van der Waals surface area contributed by atoms with Crippen molar-refractivity contribution < 1.29 is 4.79 Å². The molecule has 0 saturated heterocycles.